The summed E-state index contributed by atoms with van der Waals surface area (Å²) >= 11 is 1.36. The van der Waals surface area contributed by atoms with Crippen LogP contribution in [0.2, 0.25) is 0 Å². The Hall–Kier alpha value is -0.437. The van der Waals surface area contributed by atoms with Gasteiger partial charge in [0.15, 0.2) is 0 Å². The van der Waals surface area contributed by atoms with Gasteiger partial charge in [-0.1, -0.05) is 0 Å². The third-order valence-corrected chi connectivity index (χ3v) is 12.7. The first-order valence-corrected chi connectivity index (χ1v) is 15.1. The second kappa shape index (κ2) is 8.51. The molecule has 5 heteroatoms. The molecule has 0 fully saturated rings. The van der Waals surface area contributed by atoms with E-state index in [1.165, 1.54) is 44.4 Å². The Bertz CT molecular complexity index is 1090. The number of rotatable bonds is 2. The number of halogens is 3. The Labute approximate surface area is 191 Å². The summed E-state index contributed by atoms with van der Waals surface area (Å²) in [6.07, 6.45) is 6.62. The van der Waals surface area contributed by atoms with Crippen molar-refractivity contribution in [2.75, 3.05) is 0 Å². The molecule has 0 spiro atoms. The molecule has 0 aromatic heterocycles. The molecule has 0 atom stereocenters. The Morgan fingerprint density at radius 2 is 1.63 bits per heavy atom. The second-order valence-corrected chi connectivity index (χ2v) is 14.2. The molecule has 3 aromatic rings. The van der Waals surface area contributed by atoms with Crippen LogP contribution in [0.5, 0.6) is 0 Å². The van der Waals surface area contributed by atoms with Crippen molar-refractivity contribution >= 4 is 37.4 Å². The van der Waals surface area contributed by atoms with Crippen LogP contribution in [0.3, 0.4) is 0 Å². The van der Waals surface area contributed by atoms with Gasteiger partial charge in [0.2, 0.25) is 0 Å². The maximum atomic E-state index is 6.28. The third-order valence-electron chi connectivity index (χ3n) is 5.16. The number of allylic oxidation sites excluding steroid dienone is 1. The van der Waals surface area contributed by atoms with Gasteiger partial charge in [-0.25, -0.2) is 0 Å². The zero-order valence-corrected chi connectivity index (χ0v) is 20.7. The fourth-order valence-corrected chi connectivity index (χ4v) is 11.6. The van der Waals surface area contributed by atoms with E-state index in [2.05, 4.69) is 82.7 Å². The summed E-state index contributed by atoms with van der Waals surface area (Å²) in [4.78, 5) is 0. The van der Waals surface area contributed by atoms with Crippen molar-refractivity contribution in [3.05, 3.63) is 87.4 Å². The van der Waals surface area contributed by atoms with Gasteiger partial charge in [-0.05, 0) is 0 Å². The predicted octanol–water partition coefficient (Wildman–Crippen LogP) is -0.721. The first kappa shape index (κ1) is 21.3. The van der Waals surface area contributed by atoms with Gasteiger partial charge < -0.3 is 24.8 Å². The maximum absolute atomic E-state index is 6.28. The number of fused-ring (bicyclic) bond motifs is 4. The summed E-state index contributed by atoms with van der Waals surface area (Å²) < 4.78 is 4.06. The molecule has 134 valence electrons. The molecule has 0 bridgehead atoms. The van der Waals surface area contributed by atoms with E-state index in [0.29, 0.717) is 0 Å². The Kier molecular flexibility index (Phi) is 6.71. The van der Waals surface area contributed by atoms with Crippen molar-refractivity contribution in [2.45, 2.75) is 12.8 Å². The number of hydrogen-bond acceptors (Lipinski definition) is 1. The molecule has 0 heterocycles. The Morgan fingerprint density at radius 3 is 2.48 bits per heavy atom. The summed E-state index contributed by atoms with van der Waals surface area (Å²) in [6.45, 7) is 0. The second-order valence-electron chi connectivity index (χ2n) is 6.64. The minimum absolute atomic E-state index is 0. The minimum atomic E-state index is -2.38. The van der Waals surface area contributed by atoms with Crippen LogP contribution < -0.4 is 31.4 Å². The van der Waals surface area contributed by atoms with Crippen LogP contribution in [-0.4, -0.2) is 0 Å². The van der Waals surface area contributed by atoms with Crippen LogP contribution in [0.4, 0.5) is 0 Å². The first-order valence-electron chi connectivity index (χ1n) is 8.46. The Balaban J connectivity index is 0.00000105. The zero-order chi connectivity index (χ0) is 17.0. The van der Waals surface area contributed by atoms with E-state index in [1.807, 2.05) is 0 Å². The molecule has 5 rings (SSSR count). The van der Waals surface area contributed by atoms with Crippen LogP contribution >= 0.6 is 24.8 Å². The standard InChI is InChI=1S/C13H8Br.C9H7.2ClH.S.Zr/c14-11-5-6-13-10(8-11)7-9-3-1-2-4-12(9)13;1-2-5-9-7-3-6-8(9)4-1;;;;/h1-5,8H,7H2;1-4,7H,6H2;2*1H;;/q;;;;;+2/p-2. The van der Waals surface area contributed by atoms with Crippen molar-refractivity contribution < 1.29 is 44.5 Å². The molecule has 2 aliphatic rings. The van der Waals surface area contributed by atoms with Gasteiger partial charge in [0.1, 0.15) is 0 Å². The summed E-state index contributed by atoms with van der Waals surface area (Å²) in [5, 5.41) is 0. The molecule has 3 aromatic carbocycles. The molecular weight excluding hydrogens is 538 g/mol. The van der Waals surface area contributed by atoms with E-state index < -0.39 is 19.7 Å². The van der Waals surface area contributed by atoms with Gasteiger partial charge in [-0.3, -0.25) is 0 Å². The van der Waals surface area contributed by atoms with Crippen LogP contribution in [0.1, 0.15) is 22.3 Å². The third kappa shape index (κ3) is 3.63. The van der Waals surface area contributed by atoms with Gasteiger partial charge in [0, 0.05) is 0 Å². The average molecular weight is 553 g/mol. The van der Waals surface area contributed by atoms with Crippen molar-refractivity contribution in [1.82, 2.24) is 0 Å². The predicted molar refractivity (Wildman–Crippen MR) is 108 cm³/mol. The monoisotopic (exact) mass is 550 g/mol. The number of hydrogen-bond donors (Lipinski definition) is 0. The normalized spacial score (nSPS) is 12.1. The van der Waals surface area contributed by atoms with Gasteiger partial charge in [-0.2, -0.15) is 0 Å². The molecule has 0 saturated carbocycles. The molecule has 0 N–H and O–H groups in total. The van der Waals surface area contributed by atoms with Crippen LogP contribution in [0.25, 0.3) is 17.2 Å². The quantitative estimate of drug-likeness (QED) is 0.316. The molecule has 2 aliphatic carbocycles. The van der Waals surface area contributed by atoms with Crippen molar-refractivity contribution in [3.8, 4) is 11.1 Å². The molecular formula is C22H15BrCl2SZr. The van der Waals surface area contributed by atoms with Gasteiger partial charge >= 0.3 is 168 Å². The molecule has 0 amide bonds. The van der Waals surface area contributed by atoms with Crippen molar-refractivity contribution in [2.24, 2.45) is 0 Å². The fraction of sp³-hybridized carbons (Fsp3) is 0.0909. The van der Waals surface area contributed by atoms with E-state index in [1.54, 1.807) is 0 Å². The van der Waals surface area contributed by atoms with Crippen molar-refractivity contribution in [3.63, 3.8) is 0 Å². The van der Waals surface area contributed by atoms with Crippen LogP contribution in [-0.2, 0) is 32.6 Å². The molecule has 0 nitrogen and oxygen atoms in total. The van der Waals surface area contributed by atoms with E-state index in [9.17, 15) is 0 Å². The van der Waals surface area contributed by atoms with Crippen LogP contribution in [0, 0.1) is 0 Å². The molecule has 0 unspecified atom stereocenters. The van der Waals surface area contributed by atoms with E-state index in [-0.39, 0.29) is 24.8 Å². The zero-order valence-electron chi connectivity index (χ0n) is 14.3. The average Bonchev–Trinajstić information content (AvgIpc) is 3.23. The Morgan fingerprint density at radius 1 is 0.852 bits per heavy atom. The molecule has 0 saturated heterocycles. The summed E-state index contributed by atoms with van der Waals surface area (Å²) in [7, 11) is 6.28. The molecule has 0 aliphatic heterocycles. The van der Waals surface area contributed by atoms with E-state index >= 15 is 0 Å². The molecule has 0 radical (unpaired) electrons. The topological polar surface area (TPSA) is 0 Å². The fourth-order valence-electron chi connectivity index (χ4n) is 4.06. The SMILES string of the molecule is [Cl-].[Cl-].[S]=[Zr+2]([c]1cccc2c1C=CC2)[c]1cc(Br)cc2c1-c1ccccc1C2. The van der Waals surface area contributed by atoms with Gasteiger partial charge in [0.05, 0.1) is 0 Å². The van der Waals surface area contributed by atoms with E-state index in [4.69, 9.17) is 8.86 Å². The van der Waals surface area contributed by atoms with Gasteiger partial charge in [0.25, 0.3) is 0 Å². The number of benzene rings is 3. The first-order chi connectivity index (χ1) is 12.2. The summed E-state index contributed by atoms with van der Waals surface area (Å²) in [5.74, 6) is 0. The summed E-state index contributed by atoms with van der Waals surface area (Å²) in [6, 6.07) is 20.1. The van der Waals surface area contributed by atoms with Crippen LogP contribution in [0.15, 0.2) is 65.1 Å². The molecule has 27 heavy (non-hydrogen) atoms. The van der Waals surface area contributed by atoms with E-state index in [0.717, 1.165) is 12.8 Å². The van der Waals surface area contributed by atoms with Crippen molar-refractivity contribution in [1.29, 1.82) is 0 Å². The summed E-state index contributed by atoms with van der Waals surface area (Å²) in [5.41, 5.74) is 8.53. The van der Waals surface area contributed by atoms with Gasteiger partial charge in [-0.15, -0.1) is 0 Å².